The Morgan fingerprint density at radius 1 is 1.24 bits per heavy atom. The zero-order valence-electron chi connectivity index (χ0n) is 13.8. The van der Waals surface area contributed by atoms with E-state index in [-0.39, 0.29) is 19.1 Å². The van der Waals surface area contributed by atoms with Crippen molar-refractivity contribution in [3.63, 3.8) is 0 Å². The molecule has 1 aromatic rings. The van der Waals surface area contributed by atoms with Gasteiger partial charge in [-0.1, -0.05) is 0 Å². The van der Waals surface area contributed by atoms with Crippen LogP contribution >= 0.6 is 0 Å². The van der Waals surface area contributed by atoms with Gasteiger partial charge in [0, 0.05) is 17.9 Å². The maximum atomic E-state index is 12.0. The summed E-state index contributed by atoms with van der Waals surface area (Å²) in [6, 6.07) is 7.09. The summed E-state index contributed by atoms with van der Waals surface area (Å²) in [5.74, 6) is -0.0893. The van der Waals surface area contributed by atoms with Crippen molar-refractivity contribution in [3.8, 4) is 0 Å². The van der Waals surface area contributed by atoms with E-state index >= 15 is 0 Å². The van der Waals surface area contributed by atoms with Gasteiger partial charge in [0.25, 0.3) is 5.91 Å². The van der Waals surface area contributed by atoms with Gasteiger partial charge in [-0.15, -0.1) is 0 Å². The molecule has 0 saturated carbocycles. The molecule has 2 heterocycles. The third kappa shape index (κ3) is 3.82. The van der Waals surface area contributed by atoms with Crippen LogP contribution in [0.25, 0.3) is 0 Å². The minimum absolute atomic E-state index is 0.0784. The molecule has 2 aliphatic rings. The molecule has 1 N–H and O–H groups in total. The van der Waals surface area contributed by atoms with Crippen LogP contribution in [0.1, 0.15) is 0 Å². The third-order valence-corrected chi connectivity index (χ3v) is 3.99. The summed E-state index contributed by atoms with van der Waals surface area (Å²) in [5.41, 5.74) is 1.42. The van der Waals surface area contributed by atoms with Crippen LogP contribution in [0, 0.1) is 0 Å². The fraction of sp³-hybridized carbons (Fsp3) is 0.438. The third-order valence-electron chi connectivity index (χ3n) is 3.99. The topological polar surface area (TPSA) is 97.4 Å². The molecule has 0 radical (unpaired) electrons. The van der Waals surface area contributed by atoms with Gasteiger partial charge in [-0.2, -0.15) is 0 Å². The van der Waals surface area contributed by atoms with Gasteiger partial charge < -0.3 is 24.4 Å². The molecule has 3 amide bonds. The Morgan fingerprint density at radius 3 is 2.56 bits per heavy atom. The first-order valence-corrected chi connectivity index (χ1v) is 7.86. The number of alkyl carbamates (subject to hydrolysis) is 1. The van der Waals surface area contributed by atoms with Crippen molar-refractivity contribution < 1.29 is 28.6 Å². The predicted molar refractivity (Wildman–Crippen MR) is 87.6 cm³/mol. The maximum Gasteiger partial charge on any atom is 0.414 e. The number of rotatable bonds is 4. The van der Waals surface area contributed by atoms with E-state index in [2.05, 4.69) is 10.1 Å². The van der Waals surface area contributed by atoms with Crippen LogP contribution in [-0.4, -0.2) is 64.2 Å². The molecule has 1 unspecified atom stereocenters. The summed E-state index contributed by atoms with van der Waals surface area (Å²) >= 11 is 0. The van der Waals surface area contributed by atoms with Crippen molar-refractivity contribution >= 4 is 29.5 Å². The molecule has 0 aliphatic carbocycles. The average Bonchev–Trinajstić information content (AvgIpc) is 3.01. The van der Waals surface area contributed by atoms with Crippen molar-refractivity contribution in [3.05, 3.63) is 24.3 Å². The highest BCUT2D eigenvalue weighted by molar-refractivity contribution is 5.95. The second-order valence-corrected chi connectivity index (χ2v) is 5.60. The monoisotopic (exact) mass is 349 g/mol. The molecule has 1 atom stereocenters. The van der Waals surface area contributed by atoms with E-state index < -0.39 is 18.3 Å². The fourth-order valence-electron chi connectivity index (χ4n) is 2.71. The van der Waals surface area contributed by atoms with Gasteiger partial charge in [0.1, 0.15) is 12.7 Å². The molecule has 0 bridgehead atoms. The lowest BCUT2D eigenvalue weighted by Gasteiger charge is -2.27. The molecular formula is C16H19N3O6. The van der Waals surface area contributed by atoms with Crippen LogP contribution in [0.15, 0.2) is 24.3 Å². The number of ether oxygens (including phenoxy) is 3. The molecule has 3 rings (SSSR count). The van der Waals surface area contributed by atoms with Gasteiger partial charge in [-0.25, -0.2) is 9.59 Å². The zero-order valence-corrected chi connectivity index (χ0v) is 13.8. The number of cyclic esters (lactones) is 1. The Balaban J connectivity index is 1.63. The van der Waals surface area contributed by atoms with Crippen LogP contribution in [0.3, 0.4) is 0 Å². The Hall–Kier alpha value is -2.81. The molecule has 2 fully saturated rings. The van der Waals surface area contributed by atoms with Crippen molar-refractivity contribution in [1.29, 1.82) is 0 Å². The number of hydrogen-bond donors (Lipinski definition) is 1. The van der Waals surface area contributed by atoms with Gasteiger partial charge >= 0.3 is 12.2 Å². The van der Waals surface area contributed by atoms with E-state index in [1.807, 2.05) is 0 Å². The lowest BCUT2D eigenvalue weighted by atomic mass is 10.2. The van der Waals surface area contributed by atoms with Crippen molar-refractivity contribution in [2.45, 2.75) is 6.10 Å². The zero-order chi connectivity index (χ0) is 17.8. The highest BCUT2D eigenvalue weighted by Gasteiger charge is 2.32. The fourth-order valence-corrected chi connectivity index (χ4v) is 2.71. The molecule has 0 spiro atoms. The number of nitrogens with one attached hydrogen (secondary N) is 1. The Labute approximate surface area is 144 Å². The molecule has 0 aromatic heterocycles. The van der Waals surface area contributed by atoms with Crippen LogP contribution in [0.2, 0.25) is 0 Å². The van der Waals surface area contributed by atoms with Gasteiger partial charge in [0.2, 0.25) is 0 Å². The SMILES string of the molecule is COC(=O)NCC1CN(c2ccc(N3CCOCC3=O)cc2)C(=O)O1. The van der Waals surface area contributed by atoms with E-state index in [1.165, 1.54) is 12.0 Å². The Morgan fingerprint density at radius 2 is 1.92 bits per heavy atom. The summed E-state index contributed by atoms with van der Waals surface area (Å²) in [5, 5.41) is 2.50. The number of carbonyl (C=O) groups is 3. The smallest absolute Gasteiger partial charge is 0.414 e. The molecule has 1 aromatic carbocycles. The molecule has 9 heteroatoms. The first-order chi connectivity index (χ1) is 12.1. The van der Waals surface area contributed by atoms with E-state index in [1.54, 1.807) is 29.2 Å². The average molecular weight is 349 g/mol. The number of morpholine rings is 1. The highest BCUT2D eigenvalue weighted by Crippen LogP contribution is 2.25. The minimum atomic E-state index is -0.575. The molecule has 9 nitrogen and oxygen atoms in total. The number of benzene rings is 1. The predicted octanol–water partition coefficient (Wildman–Crippen LogP) is 0.731. The quantitative estimate of drug-likeness (QED) is 0.861. The second kappa shape index (κ2) is 7.39. The minimum Gasteiger partial charge on any atom is -0.453 e. The summed E-state index contributed by atoms with van der Waals surface area (Å²) < 4.78 is 14.8. The standard InChI is InChI=1S/C16H19N3O6/c1-23-15(21)17-8-13-9-19(16(22)25-13)12-4-2-11(3-5-12)18-6-7-24-10-14(18)20/h2-5,13H,6-10H2,1H3,(H,17,21). The summed E-state index contributed by atoms with van der Waals surface area (Å²) in [6.07, 6.45) is -1.51. The molecule has 2 saturated heterocycles. The largest absolute Gasteiger partial charge is 0.453 e. The van der Waals surface area contributed by atoms with Gasteiger partial charge in [0.05, 0.1) is 26.8 Å². The lowest BCUT2D eigenvalue weighted by molar-refractivity contribution is -0.125. The van der Waals surface area contributed by atoms with E-state index in [9.17, 15) is 14.4 Å². The summed E-state index contributed by atoms with van der Waals surface area (Å²) in [4.78, 5) is 38.1. The Bertz CT molecular complexity index is 662. The normalized spacial score (nSPS) is 20.4. The number of methoxy groups -OCH3 is 1. The van der Waals surface area contributed by atoms with Crippen molar-refractivity contribution in [2.24, 2.45) is 0 Å². The first kappa shape index (κ1) is 17.0. The maximum absolute atomic E-state index is 12.0. The second-order valence-electron chi connectivity index (χ2n) is 5.60. The van der Waals surface area contributed by atoms with Crippen LogP contribution in [0.4, 0.5) is 21.0 Å². The summed E-state index contributed by atoms with van der Waals surface area (Å²) in [6.45, 7) is 1.58. The van der Waals surface area contributed by atoms with Crippen LogP contribution in [0.5, 0.6) is 0 Å². The molecule has 25 heavy (non-hydrogen) atoms. The highest BCUT2D eigenvalue weighted by atomic mass is 16.6. The van der Waals surface area contributed by atoms with Crippen molar-refractivity contribution in [2.75, 3.05) is 49.8 Å². The van der Waals surface area contributed by atoms with Gasteiger partial charge in [0.15, 0.2) is 0 Å². The van der Waals surface area contributed by atoms with Gasteiger partial charge in [-0.05, 0) is 24.3 Å². The van der Waals surface area contributed by atoms with Crippen LogP contribution < -0.4 is 15.1 Å². The lowest BCUT2D eigenvalue weighted by Crippen LogP contribution is -2.41. The van der Waals surface area contributed by atoms with Crippen LogP contribution in [-0.2, 0) is 19.0 Å². The molecular weight excluding hydrogens is 330 g/mol. The number of carbonyl (C=O) groups excluding carboxylic acids is 3. The van der Waals surface area contributed by atoms with E-state index in [0.29, 0.717) is 25.4 Å². The first-order valence-electron chi connectivity index (χ1n) is 7.86. The number of nitrogens with zero attached hydrogens (tertiary/aromatic N) is 2. The number of amides is 3. The molecule has 2 aliphatic heterocycles. The number of anilines is 2. The van der Waals surface area contributed by atoms with Gasteiger partial charge in [-0.3, -0.25) is 9.69 Å². The molecule has 134 valence electrons. The van der Waals surface area contributed by atoms with E-state index in [0.717, 1.165) is 5.69 Å². The van der Waals surface area contributed by atoms with Crippen molar-refractivity contribution in [1.82, 2.24) is 5.32 Å². The van der Waals surface area contributed by atoms with E-state index in [4.69, 9.17) is 9.47 Å². The summed E-state index contributed by atoms with van der Waals surface area (Å²) in [7, 11) is 1.27. The number of hydrogen-bond acceptors (Lipinski definition) is 6. The Kier molecular flexibility index (Phi) is 5.03.